The second-order valence-electron chi connectivity index (χ2n) is 9.05. The molecule has 4 rings (SSSR count). The van der Waals surface area contributed by atoms with E-state index in [1.807, 2.05) is 18.2 Å². The number of aromatic nitrogens is 1. The number of nitrogens with zero attached hydrogens (tertiary/aromatic N) is 2. The van der Waals surface area contributed by atoms with Crippen LogP contribution in [0.3, 0.4) is 0 Å². The lowest BCUT2D eigenvalue weighted by Crippen LogP contribution is -2.50. The molecule has 0 spiro atoms. The highest BCUT2D eigenvalue weighted by molar-refractivity contribution is 6.07. The molecule has 2 heterocycles. The summed E-state index contributed by atoms with van der Waals surface area (Å²) in [6.45, 7) is 0. The van der Waals surface area contributed by atoms with E-state index in [1.165, 1.54) is 10.5 Å². The highest BCUT2D eigenvalue weighted by Crippen LogP contribution is 2.36. The van der Waals surface area contributed by atoms with Crippen LogP contribution in [0.2, 0.25) is 0 Å². The summed E-state index contributed by atoms with van der Waals surface area (Å²) in [5.74, 6) is 0.370. The van der Waals surface area contributed by atoms with Gasteiger partial charge in [0, 0.05) is 31.0 Å². The summed E-state index contributed by atoms with van der Waals surface area (Å²) in [5, 5.41) is 14.6. The molecular formula is C25H31N5O2. The highest BCUT2D eigenvalue weighted by Gasteiger charge is 2.49. The second kappa shape index (κ2) is 9.51. The van der Waals surface area contributed by atoms with Crippen LogP contribution in [0.5, 0.6) is 0 Å². The molecule has 1 aromatic heterocycles. The van der Waals surface area contributed by atoms with Crippen LogP contribution in [0.4, 0.5) is 0 Å². The monoisotopic (exact) mass is 433 g/mol. The third-order valence-electron chi connectivity index (χ3n) is 6.79. The fourth-order valence-corrected chi connectivity index (χ4v) is 5.07. The fraction of sp³-hybridized carbons (Fsp3) is 0.440. The van der Waals surface area contributed by atoms with Crippen LogP contribution in [-0.4, -0.2) is 46.3 Å². The number of nitrogens with one attached hydrogen (secondary N) is 3. The van der Waals surface area contributed by atoms with Crippen molar-refractivity contribution in [2.24, 2.45) is 5.92 Å². The molecule has 1 aliphatic heterocycles. The normalized spacial score (nSPS) is 25.5. The number of rotatable bonds is 7. The molecule has 0 radical (unpaired) electrons. The molecule has 3 N–H and O–H groups in total. The van der Waals surface area contributed by atoms with Crippen LogP contribution >= 0.6 is 0 Å². The molecule has 2 aliphatic rings. The first-order valence-electron chi connectivity index (χ1n) is 11.4. The number of hydrogen-bond donors (Lipinski definition) is 3. The Kier molecular flexibility index (Phi) is 6.53. The van der Waals surface area contributed by atoms with E-state index in [0.29, 0.717) is 24.3 Å². The van der Waals surface area contributed by atoms with Crippen molar-refractivity contribution in [3.63, 3.8) is 0 Å². The van der Waals surface area contributed by atoms with Gasteiger partial charge in [-0.2, -0.15) is 0 Å². The topological polar surface area (TPSA) is 98.2 Å². The van der Waals surface area contributed by atoms with Crippen molar-refractivity contribution in [2.75, 3.05) is 7.05 Å². The van der Waals surface area contributed by atoms with Crippen LogP contribution < -0.4 is 10.6 Å². The Morgan fingerprint density at radius 1 is 1.22 bits per heavy atom. The Morgan fingerprint density at radius 2 is 1.97 bits per heavy atom. The minimum absolute atomic E-state index is 0.0265. The summed E-state index contributed by atoms with van der Waals surface area (Å²) >= 11 is 0. The van der Waals surface area contributed by atoms with Crippen molar-refractivity contribution in [3.05, 3.63) is 66.0 Å². The van der Waals surface area contributed by atoms with Crippen LogP contribution in [0.15, 0.2) is 54.9 Å². The van der Waals surface area contributed by atoms with Gasteiger partial charge in [0.2, 0.25) is 0 Å². The predicted octanol–water partition coefficient (Wildman–Crippen LogP) is 3.13. The lowest BCUT2D eigenvalue weighted by atomic mass is 9.75. The van der Waals surface area contributed by atoms with Crippen molar-refractivity contribution >= 4 is 17.8 Å². The number of carbonyl (C=O) groups is 2. The standard InChI is InChI=1S/C25H31N5O2/c1-30-23(32)25(29-24(30)26,13-10-18-6-3-2-4-7-18)17-19-8-5-9-21(16-19)28-22(31)20-11-14-27-15-12-20/h2-4,6-7,11-12,14-15,19,21H,5,8-10,13,16-17H2,1H3,(H2,26,29)(H,28,31)/t19-,21?,25+/m0/s1. The van der Waals surface area contributed by atoms with Crippen molar-refractivity contribution in [2.45, 2.75) is 56.5 Å². The summed E-state index contributed by atoms with van der Waals surface area (Å²) in [6, 6.07) is 13.7. The second-order valence-corrected chi connectivity index (χ2v) is 9.05. The van der Waals surface area contributed by atoms with Gasteiger partial charge in [-0.1, -0.05) is 43.2 Å². The van der Waals surface area contributed by atoms with E-state index in [1.54, 1.807) is 31.6 Å². The lowest BCUT2D eigenvalue weighted by Gasteiger charge is -2.36. The molecule has 2 aromatic rings. The Labute approximate surface area is 189 Å². The molecule has 7 nitrogen and oxygen atoms in total. The van der Waals surface area contributed by atoms with Gasteiger partial charge in [0.1, 0.15) is 5.54 Å². The largest absolute Gasteiger partial charge is 0.349 e. The summed E-state index contributed by atoms with van der Waals surface area (Å²) < 4.78 is 0. The maximum absolute atomic E-state index is 13.2. The zero-order valence-electron chi connectivity index (χ0n) is 18.5. The van der Waals surface area contributed by atoms with Crippen LogP contribution in [0, 0.1) is 11.3 Å². The van der Waals surface area contributed by atoms with Crippen molar-refractivity contribution in [3.8, 4) is 0 Å². The van der Waals surface area contributed by atoms with Crippen LogP contribution in [-0.2, 0) is 11.2 Å². The molecule has 0 bridgehead atoms. The number of likely N-dealkylation sites (N-methyl/N-ethyl adjacent to an activating group) is 1. The molecule has 1 saturated carbocycles. The van der Waals surface area contributed by atoms with Crippen LogP contribution in [0.25, 0.3) is 0 Å². The van der Waals surface area contributed by atoms with Crippen molar-refractivity contribution in [1.29, 1.82) is 5.41 Å². The smallest absolute Gasteiger partial charge is 0.254 e. The molecule has 2 amide bonds. The van der Waals surface area contributed by atoms with Gasteiger partial charge in [0.15, 0.2) is 5.96 Å². The van der Waals surface area contributed by atoms with Crippen LogP contribution in [0.1, 0.15) is 54.4 Å². The molecule has 1 aliphatic carbocycles. The Bertz CT molecular complexity index is 965. The summed E-state index contributed by atoms with van der Waals surface area (Å²) in [7, 11) is 1.67. The van der Waals surface area contributed by atoms with Gasteiger partial charge in [0.25, 0.3) is 11.8 Å². The van der Waals surface area contributed by atoms with Gasteiger partial charge in [-0.05, 0) is 55.7 Å². The molecule has 32 heavy (non-hydrogen) atoms. The van der Waals surface area contributed by atoms with Gasteiger partial charge >= 0.3 is 0 Å². The first-order chi connectivity index (χ1) is 15.5. The zero-order valence-corrected chi connectivity index (χ0v) is 18.5. The van der Waals surface area contributed by atoms with Gasteiger partial charge in [0.05, 0.1) is 0 Å². The summed E-state index contributed by atoms with van der Waals surface area (Å²) in [4.78, 5) is 31.2. The van der Waals surface area contributed by atoms with Gasteiger partial charge < -0.3 is 10.6 Å². The van der Waals surface area contributed by atoms with Gasteiger partial charge in [-0.25, -0.2) is 0 Å². The molecule has 3 atom stereocenters. The number of guanidine groups is 1. The number of amides is 2. The summed E-state index contributed by atoms with van der Waals surface area (Å²) in [6.07, 6.45) is 9.17. The van der Waals surface area contributed by atoms with E-state index in [0.717, 1.165) is 32.1 Å². The predicted molar refractivity (Wildman–Crippen MR) is 123 cm³/mol. The maximum atomic E-state index is 13.2. The first kappa shape index (κ1) is 22.0. The zero-order chi connectivity index (χ0) is 22.6. The number of pyridine rings is 1. The first-order valence-corrected chi connectivity index (χ1v) is 11.4. The van der Waals surface area contributed by atoms with Gasteiger partial charge in [-0.3, -0.25) is 24.9 Å². The highest BCUT2D eigenvalue weighted by atomic mass is 16.2. The van der Waals surface area contributed by atoms with E-state index in [4.69, 9.17) is 5.41 Å². The third-order valence-corrected chi connectivity index (χ3v) is 6.79. The Morgan fingerprint density at radius 3 is 2.66 bits per heavy atom. The van der Waals surface area contributed by atoms with E-state index in [9.17, 15) is 9.59 Å². The third kappa shape index (κ3) is 4.82. The average Bonchev–Trinajstić information content (AvgIpc) is 3.03. The quantitative estimate of drug-likeness (QED) is 0.625. The minimum Gasteiger partial charge on any atom is -0.349 e. The summed E-state index contributed by atoms with van der Waals surface area (Å²) in [5.41, 5.74) is 1.04. The molecule has 1 unspecified atom stereocenters. The molecule has 168 valence electrons. The number of aryl methyl sites for hydroxylation is 1. The number of hydrogen-bond acceptors (Lipinski definition) is 4. The minimum atomic E-state index is -0.761. The number of benzene rings is 1. The van der Waals surface area contributed by atoms with Crippen molar-refractivity contribution in [1.82, 2.24) is 20.5 Å². The van der Waals surface area contributed by atoms with Crippen molar-refractivity contribution < 1.29 is 9.59 Å². The Hall–Kier alpha value is -3.22. The van der Waals surface area contributed by atoms with E-state index in [2.05, 4.69) is 27.8 Å². The molecule has 2 fully saturated rings. The molecule has 1 saturated heterocycles. The van der Waals surface area contributed by atoms with E-state index in [-0.39, 0.29) is 23.8 Å². The molecule has 7 heteroatoms. The Balaban J connectivity index is 1.44. The molecule has 1 aromatic carbocycles. The SMILES string of the molecule is CN1C(=N)N[C@](CCc2ccccc2)(C[C@H]2CCCC(NC(=O)c3ccncc3)C2)C1=O. The fourth-order valence-electron chi connectivity index (χ4n) is 5.07. The van der Waals surface area contributed by atoms with E-state index >= 15 is 0 Å². The molecular weight excluding hydrogens is 402 g/mol. The number of carbonyl (C=O) groups excluding carboxylic acids is 2. The van der Waals surface area contributed by atoms with Gasteiger partial charge in [-0.15, -0.1) is 0 Å². The average molecular weight is 434 g/mol. The van der Waals surface area contributed by atoms with E-state index < -0.39 is 5.54 Å². The maximum Gasteiger partial charge on any atom is 0.254 e. The lowest BCUT2D eigenvalue weighted by molar-refractivity contribution is -0.131.